The van der Waals surface area contributed by atoms with E-state index in [0.29, 0.717) is 4.57 Å². The van der Waals surface area contributed by atoms with Crippen molar-refractivity contribution in [3.05, 3.63) is 32.3 Å². The van der Waals surface area contributed by atoms with Gasteiger partial charge in [0.15, 0.2) is 6.23 Å². The number of halogens is 2. The molecule has 1 aliphatic rings. The molecule has 10 heteroatoms. The Morgan fingerprint density at radius 1 is 1.30 bits per heavy atom. The van der Waals surface area contributed by atoms with Gasteiger partial charge in [0.1, 0.15) is 25.0 Å². The van der Waals surface area contributed by atoms with Gasteiger partial charge in [-0.25, -0.2) is 9.18 Å². The van der Waals surface area contributed by atoms with Gasteiger partial charge in [0, 0.05) is 0 Å². The van der Waals surface area contributed by atoms with Crippen LogP contribution in [0.15, 0.2) is 9.59 Å². The Morgan fingerprint density at radius 2 is 1.95 bits per heavy atom. The molecule has 1 saturated heterocycles. The van der Waals surface area contributed by atoms with Crippen LogP contribution in [-0.2, 0) is 11.4 Å². The van der Waals surface area contributed by atoms with E-state index in [9.17, 15) is 28.6 Å². The van der Waals surface area contributed by atoms with E-state index in [4.69, 9.17) is 9.84 Å². The van der Waals surface area contributed by atoms with E-state index in [-0.39, 0.29) is 0 Å². The van der Waals surface area contributed by atoms with E-state index >= 15 is 0 Å². The molecule has 0 amide bonds. The van der Waals surface area contributed by atoms with Crippen molar-refractivity contribution in [1.29, 1.82) is 0 Å². The average Bonchev–Trinajstić information content (AvgIpc) is 2.70. The molecule has 0 aromatic carbocycles. The van der Waals surface area contributed by atoms with Crippen molar-refractivity contribution in [2.75, 3.05) is 6.61 Å². The summed E-state index contributed by atoms with van der Waals surface area (Å²) in [5, 5.41) is 28.2. The van der Waals surface area contributed by atoms with Crippen LogP contribution >= 0.6 is 0 Å². The van der Waals surface area contributed by atoms with E-state index in [0.717, 1.165) is 0 Å². The minimum Gasteiger partial charge on any atom is -0.394 e. The highest BCUT2D eigenvalue weighted by molar-refractivity contribution is 5.06. The van der Waals surface area contributed by atoms with Gasteiger partial charge in [-0.2, -0.15) is 4.39 Å². The van der Waals surface area contributed by atoms with E-state index in [1.54, 1.807) is 4.98 Å². The molecular weight excluding hydrogens is 282 g/mol. The summed E-state index contributed by atoms with van der Waals surface area (Å²) in [6, 6.07) is 0. The number of aliphatic hydroxyl groups excluding tert-OH is 3. The van der Waals surface area contributed by atoms with Crippen molar-refractivity contribution in [2.24, 2.45) is 0 Å². The highest BCUT2D eigenvalue weighted by Gasteiger charge is 2.44. The molecule has 0 spiro atoms. The van der Waals surface area contributed by atoms with E-state index in [1.165, 1.54) is 0 Å². The molecule has 0 aliphatic carbocycles. The van der Waals surface area contributed by atoms with Gasteiger partial charge in [-0.1, -0.05) is 0 Å². The molecule has 0 unspecified atom stereocenters. The Morgan fingerprint density at radius 3 is 2.45 bits per heavy atom. The number of nitrogens with zero attached hydrogens (tertiary/aromatic N) is 1. The number of hydrogen-bond donors (Lipinski definition) is 4. The summed E-state index contributed by atoms with van der Waals surface area (Å²) >= 11 is 0. The van der Waals surface area contributed by atoms with Gasteiger partial charge in [0.2, 0.25) is 5.82 Å². The monoisotopic (exact) mass is 294 g/mol. The van der Waals surface area contributed by atoms with Gasteiger partial charge < -0.3 is 20.1 Å². The zero-order valence-corrected chi connectivity index (χ0v) is 9.99. The van der Waals surface area contributed by atoms with Crippen LogP contribution in [0, 0.1) is 5.82 Å². The fourth-order valence-electron chi connectivity index (χ4n) is 2.06. The zero-order chi connectivity index (χ0) is 15.0. The van der Waals surface area contributed by atoms with E-state index in [2.05, 4.69) is 0 Å². The van der Waals surface area contributed by atoms with Crippen LogP contribution < -0.4 is 11.2 Å². The third kappa shape index (κ3) is 2.16. The lowest BCUT2D eigenvalue weighted by molar-refractivity contribution is -0.0573. The molecule has 2 rings (SSSR count). The SMILES string of the molecule is O=c1[nH]c(=O)n([C@@H]2O[C@H](CO)[C@@H](O)[C@H]2O)c(CF)c1F. The molecular formula is C10H12F2N2O6. The van der Waals surface area contributed by atoms with Crippen molar-refractivity contribution < 1.29 is 28.8 Å². The predicted octanol–water partition coefficient (Wildman–Crippen LogP) is -2.24. The first-order valence-electron chi connectivity index (χ1n) is 5.64. The molecule has 1 aromatic heterocycles. The summed E-state index contributed by atoms with van der Waals surface area (Å²) in [5.74, 6) is -1.52. The quantitative estimate of drug-likeness (QED) is 0.499. The summed E-state index contributed by atoms with van der Waals surface area (Å²) in [7, 11) is 0. The molecule has 4 atom stereocenters. The van der Waals surface area contributed by atoms with Crippen molar-refractivity contribution >= 4 is 0 Å². The Balaban J connectivity index is 2.57. The molecule has 1 fully saturated rings. The standard InChI is InChI=1S/C10H12F2N2O6/c11-1-3-5(12)8(18)13-10(19)14(3)9-7(17)6(16)4(2-15)20-9/h4,6-7,9,15-17H,1-2H2,(H,13,18,19)/t4-,6-,7-,9-/m1/s1. The van der Waals surface area contributed by atoms with Crippen LogP contribution in [0.3, 0.4) is 0 Å². The van der Waals surface area contributed by atoms with Crippen molar-refractivity contribution in [3.8, 4) is 0 Å². The maximum absolute atomic E-state index is 13.5. The summed E-state index contributed by atoms with van der Waals surface area (Å²) < 4.78 is 31.7. The lowest BCUT2D eigenvalue weighted by Crippen LogP contribution is -2.41. The third-order valence-electron chi connectivity index (χ3n) is 3.08. The van der Waals surface area contributed by atoms with Gasteiger partial charge in [-0.15, -0.1) is 0 Å². The molecule has 4 N–H and O–H groups in total. The Labute approximate surface area is 109 Å². The van der Waals surface area contributed by atoms with Gasteiger partial charge in [-0.3, -0.25) is 14.3 Å². The predicted molar refractivity (Wildman–Crippen MR) is 59.1 cm³/mol. The Bertz CT molecular complexity index is 615. The molecule has 2 heterocycles. The first-order valence-corrected chi connectivity index (χ1v) is 5.64. The second-order valence-corrected chi connectivity index (χ2v) is 4.25. The highest BCUT2D eigenvalue weighted by Crippen LogP contribution is 2.29. The van der Waals surface area contributed by atoms with Gasteiger partial charge in [-0.05, 0) is 0 Å². The smallest absolute Gasteiger partial charge is 0.331 e. The van der Waals surface area contributed by atoms with Crippen LogP contribution in [0.2, 0.25) is 0 Å². The minimum absolute atomic E-state index is 0.375. The fraction of sp³-hybridized carbons (Fsp3) is 0.600. The fourth-order valence-corrected chi connectivity index (χ4v) is 2.06. The number of aromatic nitrogens is 2. The van der Waals surface area contributed by atoms with Gasteiger partial charge in [0.05, 0.1) is 12.3 Å². The summed E-state index contributed by atoms with van der Waals surface area (Å²) in [6.45, 7) is -2.16. The van der Waals surface area contributed by atoms with Gasteiger partial charge >= 0.3 is 5.69 Å². The molecule has 0 bridgehead atoms. The number of rotatable bonds is 3. The lowest BCUT2D eigenvalue weighted by Gasteiger charge is -2.20. The van der Waals surface area contributed by atoms with Crippen LogP contribution in [0.4, 0.5) is 8.78 Å². The molecule has 112 valence electrons. The summed E-state index contributed by atoms with van der Waals surface area (Å²) in [4.78, 5) is 24.3. The minimum atomic E-state index is -1.69. The topological polar surface area (TPSA) is 125 Å². The molecule has 8 nitrogen and oxygen atoms in total. The summed E-state index contributed by atoms with van der Waals surface area (Å²) in [6.07, 6.45) is -6.07. The van der Waals surface area contributed by atoms with Gasteiger partial charge in [0.25, 0.3) is 5.56 Å². The molecule has 1 aromatic rings. The zero-order valence-electron chi connectivity index (χ0n) is 9.99. The molecule has 1 aliphatic heterocycles. The normalized spacial score (nSPS) is 29.9. The molecule has 20 heavy (non-hydrogen) atoms. The number of alkyl halides is 1. The maximum Gasteiger partial charge on any atom is 0.331 e. The van der Waals surface area contributed by atoms with Crippen molar-refractivity contribution in [1.82, 2.24) is 9.55 Å². The highest BCUT2D eigenvalue weighted by atomic mass is 19.1. The maximum atomic E-state index is 13.5. The van der Waals surface area contributed by atoms with Crippen molar-refractivity contribution in [2.45, 2.75) is 31.2 Å². The average molecular weight is 294 g/mol. The number of aromatic amines is 1. The Hall–Kier alpha value is -1.62. The van der Waals surface area contributed by atoms with Crippen LogP contribution in [0.5, 0.6) is 0 Å². The molecule has 0 saturated carbocycles. The van der Waals surface area contributed by atoms with E-state index < -0.39 is 60.6 Å². The number of H-pyrrole nitrogens is 1. The van der Waals surface area contributed by atoms with Crippen molar-refractivity contribution in [3.63, 3.8) is 0 Å². The van der Waals surface area contributed by atoms with Crippen LogP contribution in [-0.4, -0.2) is 49.8 Å². The number of hydrogen-bond acceptors (Lipinski definition) is 6. The van der Waals surface area contributed by atoms with E-state index in [1.807, 2.05) is 0 Å². The summed E-state index contributed by atoms with van der Waals surface area (Å²) in [5.41, 5.74) is -3.50. The first-order chi connectivity index (χ1) is 9.42. The van der Waals surface area contributed by atoms with Crippen LogP contribution in [0.25, 0.3) is 0 Å². The lowest BCUT2D eigenvalue weighted by atomic mass is 10.1. The number of ether oxygens (including phenoxy) is 1. The third-order valence-corrected chi connectivity index (χ3v) is 3.08. The second kappa shape index (κ2) is 5.40. The Kier molecular flexibility index (Phi) is 3.99. The first kappa shape index (κ1) is 14.8. The number of nitrogens with one attached hydrogen (secondary N) is 1. The second-order valence-electron chi connectivity index (χ2n) is 4.25. The van der Waals surface area contributed by atoms with Crippen LogP contribution in [0.1, 0.15) is 11.9 Å². The number of aliphatic hydroxyl groups is 3. The largest absolute Gasteiger partial charge is 0.394 e. The molecule has 0 radical (unpaired) electrons.